The highest BCUT2D eigenvalue weighted by Crippen LogP contribution is 2.26. The SMILES string of the molecule is CC(C)(C)OC(=O)CC(=O)C[C@H](O)CS(=O)(=O)c1nc2ccccc2s1. The molecule has 1 aromatic carbocycles. The fourth-order valence-corrected chi connectivity index (χ4v) is 4.92. The third-order valence-electron chi connectivity index (χ3n) is 3.18. The molecular formula is C17H21NO6S2. The molecule has 0 saturated carbocycles. The molecule has 0 aliphatic rings. The predicted molar refractivity (Wildman–Crippen MR) is 97.8 cm³/mol. The second-order valence-electron chi connectivity index (χ2n) is 6.89. The van der Waals surface area contributed by atoms with Gasteiger partial charge in [-0.25, -0.2) is 13.4 Å². The van der Waals surface area contributed by atoms with Gasteiger partial charge in [-0.2, -0.15) is 0 Å². The van der Waals surface area contributed by atoms with Crippen LogP contribution in [0, 0.1) is 0 Å². The van der Waals surface area contributed by atoms with E-state index in [0.717, 1.165) is 16.0 Å². The molecule has 1 N–H and O–H groups in total. The molecule has 26 heavy (non-hydrogen) atoms. The van der Waals surface area contributed by atoms with Gasteiger partial charge in [-0.3, -0.25) is 9.59 Å². The summed E-state index contributed by atoms with van der Waals surface area (Å²) in [5.74, 6) is -1.91. The van der Waals surface area contributed by atoms with Gasteiger partial charge in [0.25, 0.3) is 0 Å². The Balaban J connectivity index is 1.96. The highest BCUT2D eigenvalue weighted by Gasteiger charge is 2.26. The summed E-state index contributed by atoms with van der Waals surface area (Å²) in [6, 6.07) is 6.99. The minimum Gasteiger partial charge on any atom is -0.460 e. The molecular weight excluding hydrogens is 378 g/mol. The van der Waals surface area contributed by atoms with E-state index in [1.165, 1.54) is 0 Å². The monoisotopic (exact) mass is 399 g/mol. The molecule has 0 aliphatic heterocycles. The van der Waals surface area contributed by atoms with Crippen LogP contribution in [0.4, 0.5) is 0 Å². The van der Waals surface area contributed by atoms with Gasteiger partial charge in [0.05, 0.1) is 22.1 Å². The number of aliphatic hydroxyl groups is 1. The number of aliphatic hydroxyl groups excluding tert-OH is 1. The Kier molecular flexibility index (Phi) is 6.15. The summed E-state index contributed by atoms with van der Waals surface area (Å²) >= 11 is 1.01. The zero-order chi connectivity index (χ0) is 19.5. The number of thiazole rings is 1. The maximum absolute atomic E-state index is 12.4. The van der Waals surface area contributed by atoms with Crippen molar-refractivity contribution in [1.29, 1.82) is 0 Å². The third-order valence-corrected chi connectivity index (χ3v) is 6.47. The number of hydrogen-bond acceptors (Lipinski definition) is 8. The van der Waals surface area contributed by atoms with Crippen molar-refractivity contribution in [3.63, 3.8) is 0 Å². The highest BCUT2D eigenvalue weighted by molar-refractivity contribution is 7.93. The van der Waals surface area contributed by atoms with Crippen LogP contribution in [0.25, 0.3) is 10.2 Å². The fourth-order valence-electron chi connectivity index (χ4n) is 2.24. The number of carbonyl (C=O) groups excluding carboxylic acids is 2. The molecule has 2 rings (SSSR count). The summed E-state index contributed by atoms with van der Waals surface area (Å²) in [7, 11) is -3.84. The van der Waals surface area contributed by atoms with Crippen LogP contribution in [0.3, 0.4) is 0 Å². The molecule has 1 heterocycles. The van der Waals surface area contributed by atoms with E-state index in [1.807, 2.05) is 0 Å². The van der Waals surface area contributed by atoms with E-state index in [4.69, 9.17) is 4.74 Å². The molecule has 0 radical (unpaired) electrons. The summed E-state index contributed by atoms with van der Waals surface area (Å²) in [5, 5.41) is 9.96. The van der Waals surface area contributed by atoms with Crippen molar-refractivity contribution in [2.24, 2.45) is 0 Å². The highest BCUT2D eigenvalue weighted by atomic mass is 32.2. The van der Waals surface area contributed by atoms with E-state index in [0.29, 0.717) is 5.52 Å². The van der Waals surface area contributed by atoms with Gasteiger partial charge in [0.2, 0.25) is 14.2 Å². The minimum absolute atomic E-state index is 0.0997. The number of para-hydroxylation sites is 1. The Morgan fingerprint density at radius 1 is 1.27 bits per heavy atom. The molecule has 0 aliphatic carbocycles. The summed E-state index contributed by atoms with van der Waals surface area (Å²) in [5.41, 5.74) is -0.154. The number of aromatic nitrogens is 1. The van der Waals surface area contributed by atoms with Crippen molar-refractivity contribution in [2.45, 2.75) is 49.7 Å². The maximum Gasteiger partial charge on any atom is 0.313 e. The van der Waals surface area contributed by atoms with E-state index in [9.17, 15) is 23.1 Å². The lowest BCUT2D eigenvalue weighted by molar-refractivity contribution is -0.156. The molecule has 142 valence electrons. The van der Waals surface area contributed by atoms with Crippen molar-refractivity contribution in [3.8, 4) is 0 Å². The average molecular weight is 399 g/mol. The Morgan fingerprint density at radius 3 is 2.54 bits per heavy atom. The lowest BCUT2D eigenvalue weighted by atomic mass is 10.1. The van der Waals surface area contributed by atoms with Crippen LogP contribution in [-0.2, 0) is 24.2 Å². The number of rotatable bonds is 7. The van der Waals surface area contributed by atoms with Crippen LogP contribution in [0.15, 0.2) is 28.6 Å². The van der Waals surface area contributed by atoms with E-state index < -0.39 is 51.9 Å². The number of esters is 1. The molecule has 0 amide bonds. The van der Waals surface area contributed by atoms with Crippen molar-refractivity contribution >= 4 is 43.1 Å². The van der Waals surface area contributed by atoms with Gasteiger partial charge in [-0.15, -0.1) is 11.3 Å². The fraction of sp³-hybridized carbons (Fsp3) is 0.471. The first-order valence-corrected chi connectivity index (χ1v) is 10.4. The van der Waals surface area contributed by atoms with Gasteiger partial charge in [0.1, 0.15) is 17.8 Å². The summed E-state index contributed by atoms with van der Waals surface area (Å²) in [6.45, 7) is 5.03. The Labute approximate surface area is 155 Å². The smallest absolute Gasteiger partial charge is 0.313 e. The second-order valence-corrected chi connectivity index (χ2v) is 10.1. The quantitative estimate of drug-likeness (QED) is 0.561. The van der Waals surface area contributed by atoms with Gasteiger partial charge >= 0.3 is 5.97 Å². The molecule has 7 nitrogen and oxygen atoms in total. The van der Waals surface area contributed by atoms with Gasteiger partial charge in [-0.05, 0) is 32.9 Å². The van der Waals surface area contributed by atoms with Crippen LogP contribution in [0.5, 0.6) is 0 Å². The zero-order valence-corrected chi connectivity index (χ0v) is 16.4. The Hall–Kier alpha value is -1.84. The molecule has 1 atom stereocenters. The largest absolute Gasteiger partial charge is 0.460 e. The standard InChI is InChI=1S/C17H21NO6S2/c1-17(2,3)24-15(21)9-11(19)8-12(20)10-26(22,23)16-18-13-6-4-5-7-14(13)25-16/h4-7,12,20H,8-10H2,1-3H3/t12-/m0/s1. The first-order valence-electron chi connectivity index (χ1n) is 7.96. The molecule has 2 aromatic rings. The van der Waals surface area contributed by atoms with Crippen molar-refractivity contribution in [2.75, 3.05) is 5.75 Å². The van der Waals surface area contributed by atoms with Crippen molar-refractivity contribution in [3.05, 3.63) is 24.3 Å². The van der Waals surface area contributed by atoms with E-state index >= 15 is 0 Å². The Morgan fingerprint density at radius 2 is 1.92 bits per heavy atom. The van der Waals surface area contributed by atoms with E-state index in [2.05, 4.69) is 4.98 Å². The van der Waals surface area contributed by atoms with Gasteiger partial charge < -0.3 is 9.84 Å². The molecule has 1 aromatic heterocycles. The number of ketones is 1. The molecule has 0 saturated heterocycles. The number of hydrogen-bond donors (Lipinski definition) is 1. The lowest BCUT2D eigenvalue weighted by Crippen LogP contribution is -2.28. The lowest BCUT2D eigenvalue weighted by Gasteiger charge is -2.19. The maximum atomic E-state index is 12.4. The van der Waals surface area contributed by atoms with Gasteiger partial charge in [0.15, 0.2) is 0 Å². The first-order chi connectivity index (χ1) is 12.0. The van der Waals surface area contributed by atoms with Crippen molar-refractivity contribution < 1.29 is 27.9 Å². The number of fused-ring (bicyclic) bond motifs is 1. The van der Waals surface area contributed by atoms with E-state index in [1.54, 1.807) is 45.0 Å². The van der Waals surface area contributed by atoms with Crippen LogP contribution < -0.4 is 0 Å². The van der Waals surface area contributed by atoms with Crippen molar-refractivity contribution in [1.82, 2.24) is 4.98 Å². The normalized spacial score (nSPS) is 13.5. The number of benzene rings is 1. The second kappa shape index (κ2) is 7.81. The molecule has 0 spiro atoms. The van der Waals surface area contributed by atoms with E-state index in [-0.39, 0.29) is 4.34 Å². The predicted octanol–water partition coefficient (Wildman–Crippen LogP) is 2.12. The van der Waals surface area contributed by atoms with Gasteiger partial charge in [0, 0.05) is 6.42 Å². The van der Waals surface area contributed by atoms with Crippen LogP contribution in [-0.4, -0.2) is 47.7 Å². The molecule has 0 bridgehead atoms. The van der Waals surface area contributed by atoms with Crippen LogP contribution >= 0.6 is 11.3 Å². The third kappa shape index (κ3) is 5.86. The average Bonchev–Trinajstić information content (AvgIpc) is 2.88. The molecule has 9 heteroatoms. The number of nitrogens with zero attached hydrogens (tertiary/aromatic N) is 1. The topological polar surface area (TPSA) is 111 Å². The molecule has 0 fully saturated rings. The zero-order valence-electron chi connectivity index (χ0n) is 14.8. The van der Waals surface area contributed by atoms with Crippen LogP contribution in [0.1, 0.15) is 33.6 Å². The summed E-state index contributed by atoms with van der Waals surface area (Å²) in [6.07, 6.45) is -2.36. The number of sulfone groups is 1. The summed E-state index contributed by atoms with van der Waals surface area (Å²) in [4.78, 5) is 27.5. The molecule has 0 unspecified atom stereocenters. The number of Topliss-reactive ketones (excluding diaryl/α,β-unsaturated/α-hetero) is 1. The number of ether oxygens (including phenoxy) is 1. The summed E-state index contributed by atoms with van der Waals surface area (Å²) < 4.78 is 30.4. The number of carbonyl (C=O) groups is 2. The first kappa shape index (κ1) is 20.5. The van der Waals surface area contributed by atoms with Crippen LogP contribution in [0.2, 0.25) is 0 Å². The minimum atomic E-state index is -3.84. The van der Waals surface area contributed by atoms with Gasteiger partial charge in [-0.1, -0.05) is 12.1 Å². The Bertz CT molecular complexity index is 878.